The van der Waals surface area contributed by atoms with Gasteiger partial charge in [-0.1, -0.05) is 127 Å². The molecule has 5 aromatic rings. The van der Waals surface area contributed by atoms with Crippen LogP contribution in [0.5, 0.6) is 5.75 Å². The van der Waals surface area contributed by atoms with E-state index < -0.39 is 204 Å². The molecule has 1 aliphatic heterocycles. The van der Waals surface area contributed by atoms with Crippen LogP contribution in [0, 0.1) is 17.8 Å². The lowest BCUT2D eigenvalue weighted by Gasteiger charge is -2.32. The molecule has 3 heterocycles. The van der Waals surface area contributed by atoms with Crippen LogP contribution in [0.4, 0.5) is 0 Å². The van der Waals surface area contributed by atoms with Crippen molar-refractivity contribution in [3.05, 3.63) is 120 Å². The fraction of sp³-hybridized carbons (Fsp3) is 0.612. The summed E-state index contributed by atoms with van der Waals surface area (Å²) in [6.07, 6.45) is 14.4. The number of phenols is 1. The van der Waals surface area contributed by atoms with Gasteiger partial charge in [-0.05, 0) is 220 Å². The molecule has 2 aliphatic rings. The first-order valence-electron chi connectivity index (χ1n) is 52.5. The number of phenolic OH excluding ortho intramolecular Hbond substituents is 1. The minimum atomic E-state index is -1.77. The highest BCUT2D eigenvalue weighted by atomic mass is 16.4. The Bertz CT molecular complexity index is 5080. The number of benzene rings is 3. The van der Waals surface area contributed by atoms with E-state index in [2.05, 4.69) is 94.4 Å². The number of H-pyrrole nitrogens is 2. The predicted molar refractivity (Wildman–Crippen MR) is 561 cm³/mol. The fourth-order valence-corrected chi connectivity index (χ4v) is 18.1. The van der Waals surface area contributed by atoms with Crippen LogP contribution in [-0.2, 0) is 102 Å². The summed E-state index contributed by atoms with van der Waals surface area (Å²) < 4.78 is 0. The number of aliphatic carboxylic acids is 1. The van der Waals surface area contributed by atoms with E-state index in [1.807, 2.05) is 24.3 Å². The summed E-state index contributed by atoms with van der Waals surface area (Å²) in [5.41, 5.74) is 49.4. The number of nitrogens with zero attached hydrogens (tertiary/aromatic N) is 3. The Morgan fingerprint density at radius 1 is 0.436 bits per heavy atom. The van der Waals surface area contributed by atoms with E-state index in [9.17, 15) is 82.4 Å². The number of para-hydroxylation sites is 1. The van der Waals surface area contributed by atoms with Gasteiger partial charge in [-0.25, -0.2) is 9.78 Å². The molecule has 0 unspecified atom stereocenters. The van der Waals surface area contributed by atoms with Crippen molar-refractivity contribution in [3.8, 4) is 5.75 Å². The molecule has 1 saturated carbocycles. The van der Waals surface area contributed by atoms with Gasteiger partial charge in [0.1, 0.15) is 90.3 Å². The Morgan fingerprint density at radius 3 is 1.44 bits per heavy atom. The molecule has 15 amide bonds. The Kier molecular flexibility index (Phi) is 54.5. The summed E-state index contributed by atoms with van der Waals surface area (Å²) in [5, 5.41) is 70.4. The number of fused-ring (bicyclic) bond motifs is 1. The number of rotatable bonds is 70. The molecule has 149 heavy (non-hydrogen) atoms. The van der Waals surface area contributed by atoms with Gasteiger partial charge in [-0.2, -0.15) is 0 Å². The molecule has 15 atom stereocenters. The SMILES string of the molecule is CC(C)[C@H](NC(=O)[C@H](CO)NC(=O)[C@H](Cc1c[nH]cn1)NC(=O)[C@H](CCCCN)NC(=O)[C@H](Cc1ccc(O)cc1)NC(=O)[C@@H](N)CCCCN)C(=O)N[C@H](C(=O)N[C@@H](CCCCN)C(=O)N[C@@H](CCCCN)C(=O)NCCCCC(=O)N[C@@H](Cc1ccccc1)C(=O)N[C@@H](CCCCN)C(=O)N1CCC[C@H]1C(=O)N[C@H](CC1CCCCC1)C(=O)N[C@@H](Cc1c[nH]c2ccccc12)C(=O)N[C@H](CCCN=C(N)N)C(=O)O)C(C)C. The second-order valence-corrected chi connectivity index (χ2v) is 39.3. The van der Waals surface area contributed by atoms with Crippen LogP contribution in [0.1, 0.15) is 230 Å². The number of amides is 15. The van der Waals surface area contributed by atoms with E-state index in [4.69, 9.17) is 45.9 Å². The highest BCUT2D eigenvalue weighted by Gasteiger charge is 2.43. The lowest BCUT2D eigenvalue weighted by molar-refractivity contribution is -0.143. The van der Waals surface area contributed by atoms with Crippen molar-refractivity contribution in [2.45, 2.75) is 324 Å². The number of hydrogen-bond donors (Lipinski definition) is 27. The highest BCUT2D eigenvalue weighted by molar-refractivity contribution is 6.01. The van der Waals surface area contributed by atoms with Gasteiger partial charge in [-0.15, -0.1) is 0 Å². The van der Waals surface area contributed by atoms with Crippen molar-refractivity contribution in [3.63, 3.8) is 0 Å². The summed E-state index contributed by atoms with van der Waals surface area (Å²) in [6.45, 7) is 7.00. The average Bonchev–Trinajstić information content (AvgIpc) is 1.69. The van der Waals surface area contributed by atoms with Gasteiger partial charge in [0.25, 0.3) is 0 Å². The van der Waals surface area contributed by atoms with Gasteiger partial charge >= 0.3 is 5.97 Å². The maximum Gasteiger partial charge on any atom is 0.326 e. The van der Waals surface area contributed by atoms with Crippen LogP contribution in [0.15, 0.2) is 103 Å². The molecule has 824 valence electrons. The average molecular weight is 2080 g/mol. The van der Waals surface area contributed by atoms with Crippen molar-refractivity contribution in [2.24, 2.45) is 68.6 Å². The van der Waals surface area contributed by atoms with E-state index in [1.165, 1.54) is 29.6 Å². The van der Waals surface area contributed by atoms with Gasteiger partial charge in [-0.3, -0.25) is 76.9 Å². The lowest BCUT2D eigenvalue weighted by Crippen LogP contribution is -2.62. The first-order chi connectivity index (χ1) is 71.5. The Labute approximate surface area is 870 Å². The number of carbonyl (C=O) groups is 16. The number of hydrogen-bond acceptors (Lipinski definition) is 26. The Balaban J connectivity index is 0.981. The molecule has 1 aliphatic carbocycles. The van der Waals surface area contributed by atoms with Crippen LogP contribution in [-0.4, -0.2) is 285 Å². The fourth-order valence-electron chi connectivity index (χ4n) is 18.1. The molecule has 35 N–H and O–H groups in total. The third kappa shape index (κ3) is 42.7. The number of likely N-dealkylation sites (tertiary alicyclic amines) is 1. The first kappa shape index (κ1) is 123. The minimum absolute atomic E-state index is 0.0000714. The number of carboxylic acids is 1. The zero-order valence-electron chi connectivity index (χ0n) is 86.5. The molecule has 46 nitrogen and oxygen atoms in total. The van der Waals surface area contributed by atoms with Crippen molar-refractivity contribution < 1.29 is 92.0 Å². The number of aromatic hydroxyl groups is 1. The molecule has 0 radical (unpaired) electrons. The maximum absolute atomic E-state index is 15.2. The standard InChI is InChI=1S/C103H163N27O19/c1-62(2)86(129-100(146)87(63(3)4)128-97(143)83(60-131)127-96(142)82(57-68-59-112-61-116-68)125-91(137)74(35-15-21-47-106)119-93(139)79(55-66-41-43-69(132)44-42-66)123-88(134)71(109)32-13-19-45-104)99(145)120-75(36-16-22-48-107)90(136)118-73(34-14-20-46-105)89(135)113-50-24-18-40-85(133)117-78(53-64-27-7-5-8-28-64)92(138)121-76(37-17-23-49-108)101(147)130-52-26-39-84(130)98(144)126-80(54-65-29-9-6-10-30-65)94(140)124-81(56-67-58-115-72-33-12-11-31-70(67)72)95(141)122-77(102(148)149)38-25-51-114-103(110)111/h5,7-8,11-12,27-28,31,33,41-44,58-59,61-63,65,71,73-84,86-87,115,131-132H,6,9-10,13-26,29-30,32,34-40,45-57,60,104-109H2,1-4H3,(H,112,116)(H,113,135)(H,117,133)(H,118,136)(H,119,139)(H,120,145)(H,121,138)(H,122,141)(H,123,134)(H,124,140)(H,125,137)(H,126,144)(H,127,142)(H,128,143)(H,129,146)(H,148,149)(H4,110,111,114)/t71-,73-,74-,75-,76-,77+,78-,79-,80+,81-,82-,83-,84-,86-,87-/m0/s1. The van der Waals surface area contributed by atoms with Gasteiger partial charge in [0.05, 0.1) is 24.7 Å². The molecule has 1 saturated heterocycles. The zero-order chi connectivity index (χ0) is 109. The number of nitrogens with one attached hydrogen (secondary N) is 16. The normalized spacial score (nSPS) is 15.9. The topological polar surface area (TPSA) is 770 Å². The minimum Gasteiger partial charge on any atom is -0.508 e. The summed E-state index contributed by atoms with van der Waals surface area (Å²) in [5.74, 6) is -14.2. The Morgan fingerprint density at radius 2 is 0.893 bits per heavy atom. The monoisotopic (exact) mass is 2080 g/mol. The van der Waals surface area contributed by atoms with Crippen LogP contribution < -0.4 is 120 Å². The van der Waals surface area contributed by atoms with Crippen molar-refractivity contribution >= 4 is 111 Å². The molecular weight excluding hydrogens is 1920 g/mol. The quantitative estimate of drug-likeness (QED) is 0.0124. The number of guanidine groups is 1. The number of aliphatic hydroxyl groups is 1. The number of unbranched alkanes of at least 4 members (excludes halogenated alkanes) is 6. The summed E-state index contributed by atoms with van der Waals surface area (Å²) >= 11 is 0. The number of aromatic nitrogens is 3. The van der Waals surface area contributed by atoms with Crippen molar-refractivity contribution in [1.29, 1.82) is 0 Å². The molecular formula is C103H163N27O19. The van der Waals surface area contributed by atoms with Gasteiger partial charge in [0, 0.05) is 75.0 Å². The number of imidazole rings is 1. The zero-order valence-corrected chi connectivity index (χ0v) is 86.5. The third-order valence-corrected chi connectivity index (χ3v) is 26.6. The van der Waals surface area contributed by atoms with Crippen LogP contribution >= 0.6 is 0 Å². The first-order valence-corrected chi connectivity index (χ1v) is 52.5. The largest absolute Gasteiger partial charge is 0.508 e. The van der Waals surface area contributed by atoms with E-state index >= 15 is 9.59 Å². The molecule has 46 heteroatoms. The number of aliphatic hydroxyl groups excluding tert-OH is 1. The van der Waals surface area contributed by atoms with E-state index in [1.54, 1.807) is 76.4 Å². The molecule has 3 aromatic carbocycles. The number of carboxylic acid groups (broad SMARTS) is 1. The summed E-state index contributed by atoms with van der Waals surface area (Å²) in [6, 6.07) is 2.41. The second kappa shape index (κ2) is 66.2. The summed E-state index contributed by atoms with van der Waals surface area (Å²) in [4.78, 5) is 246. The predicted octanol–water partition coefficient (Wildman–Crippen LogP) is -1.17. The van der Waals surface area contributed by atoms with Crippen LogP contribution in [0.3, 0.4) is 0 Å². The number of aromatic amines is 2. The van der Waals surface area contributed by atoms with E-state index in [0.717, 1.165) is 43.0 Å². The van der Waals surface area contributed by atoms with E-state index in [-0.39, 0.29) is 172 Å². The van der Waals surface area contributed by atoms with Crippen LogP contribution in [0.2, 0.25) is 0 Å². The van der Waals surface area contributed by atoms with Crippen LogP contribution in [0.25, 0.3) is 10.9 Å². The molecule has 2 fully saturated rings. The Hall–Kier alpha value is -13.3. The maximum atomic E-state index is 15.2. The molecule has 7 rings (SSSR count). The summed E-state index contributed by atoms with van der Waals surface area (Å²) in [7, 11) is 0. The highest BCUT2D eigenvalue weighted by Crippen LogP contribution is 2.30. The number of carbonyl (C=O) groups excluding carboxylic acids is 15. The van der Waals surface area contributed by atoms with Crippen molar-refractivity contribution in [2.75, 3.05) is 59.0 Å². The number of aliphatic imine (C=N–C) groups is 1. The van der Waals surface area contributed by atoms with Crippen molar-refractivity contribution in [1.82, 2.24) is 94.3 Å². The molecule has 2 aromatic heterocycles. The van der Waals surface area contributed by atoms with Gasteiger partial charge < -0.3 is 150 Å². The van der Waals surface area contributed by atoms with E-state index in [0.29, 0.717) is 93.9 Å². The third-order valence-electron chi connectivity index (χ3n) is 26.6. The molecule has 0 spiro atoms. The van der Waals surface area contributed by atoms with Gasteiger partial charge in [0.15, 0.2) is 5.96 Å². The smallest absolute Gasteiger partial charge is 0.326 e. The lowest BCUT2D eigenvalue weighted by atomic mass is 9.84. The number of nitrogens with two attached hydrogens (primary N) is 8. The van der Waals surface area contributed by atoms with Gasteiger partial charge in [0.2, 0.25) is 88.6 Å². The second-order valence-electron chi connectivity index (χ2n) is 39.3. The molecule has 0 bridgehead atoms.